The lowest BCUT2D eigenvalue weighted by Gasteiger charge is -2.34. The molecule has 1 saturated heterocycles. The normalized spacial score (nSPS) is 17.0. The molecule has 1 amide bonds. The summed E-state index contributed by atoms with van der Waals surface area (Å²) in [7, 11) is 0. The molecule has 0 atom stereocenters. The van der Waals surface area contributed by atoms with E-state index in [1.165, 1.54) is 11.3 Å². The molecule has 4 heterocycles. The van der Waals surface area contributed by atoms with E-state index < -0.39 is 0 Å². The molecule has 1 aromatic carbocycles. The second-order valence-corrected chi connectivity index (χ2v) is 7.49. The molecule has 6 heteroatoms. The molecule has 3 aromatic rings. The third-order valence-corrected chi connectivity index (χ3v) is 5.81. The van der Waals surface area contributed by atoms with Crippen LogP contribution in [0.25, 0.3) is 0 Å². The molecule has 0 bridgehead atoms. The fraction of sp³-hybridized carbons (Fsp3) is 0.318. The van der Waals surface area contributed by atoms with Crippen LogP contribution in [0.15, 0.2) is 61.1 Å². The first-order chi connectivity index (χ1) is 13.8. The molecular weight excluding hydrogens is 350 g/mol. The number of carbonyl (C=O) groups excluding carboxylic acids is 1. The lowest BCUT2D eigenvalue weighted by Crippen LogP contribution is -2.43. The summed E-state index contributed by atoms with van der Waals surface area (Å²) < 4.78 is 2.24. The average molecular weight is 373 g/mol. The topological polar surface area (TPSA) is 54.3 Å². The Morgan fingerprint density at radius 2 is 1.71 bits per heavy atom. The zero-order valence-electron chi connectivity index (χ0n) is 15.7. The highest BCUT2D eigenvalue weighted by molar-refractivity contribution is 5.96. The van der Waals surface area contributed by atoms with Gasteiger partial charge in [0.15, 0.2) is 0 Å². The Hall–Kier alpha value is -3.15. The second kappa shape index (κ2) is 7.11. The van der Waals surface area contributed by atoms with Crippen LogP contribution >= 0.6 is 0 Å². The monoisotopic (exact) mass is 373 g/mol. The number of fused-ring (bicyclic) bond motifs is 2. The first-order valence-corrected chi connectivity index (χ1v) is 9.85. The molecule has 142 valence electrons. The molecule has 1 fully saturated rings. The van der Waals surface area contributed by atoms with E-state index in [2.05, 4.69) is 49.9 Å². The van der Waals surface area contributed by atoms with Crippen LogP contribution in [0.3, 0.4) is 0 Å². The first-order valence-electron chi connectivity index (χ1n) is 9.85. The average Bonchev–Trinajstić information content (AvgIpc) is 3.13. The van der Waals surface area contributed by atoms with Crippen molar-refractivity contribution in [3.05, 3.63) is 72.3 Å². The van der Waals surface area contributed by atoms with E-state index in [1.807, 2.05) is 23.1 Å². The number of carbonyl (C=O) groups is 1. The molecule has 28 heavy (non-hydrogen) atoms. The predicted molar refractivity (Wildman–Crippen MR) is 108 cm³/mol. The second-order valence-electron chi connectivity index (χ2n) is 7.49. The fourth-order valence-corrected chi connectivity index (χ4v) is 4.28. The van der Waals surface area contributed by atoms with Crippen LogP contribution in [0.4, 0.5) is 11.6 Å². The molecule has 2 aromatic heterocycles. The number of benzene rings is 1. The highest BCUT2D eigenvalue weighted by Gasteiger charge is 2.32. The Kier molecular flexibility index (Phi) is 4.31. The molecule has 0 unspecified atom stereocenters. The van der Waals surface area contributed by atoms with E-state index in [1.54, 1.807) is 12.4 Å². The molecule has 0 aliphatic carbocycles. The van der Waals surface area contributed by atoms with Crippen LogP contribution < -0.4 is 9.80 Å². The maximum Gasteiger partial charge on any atom is 0.230 e. The van der Waals surface area contributed by atoms with Gasteiger partial charge in [0.25, 0.3) is 0 Å². The summed E-state index contributed by atoms with van der Waals surface area (Å²) in [6, 6.07) is 14.3. The molecule has 0 spiro atoms. The minimum atomic E-state index is 0.0366. The van der Waals surface area contributed by atoms with Crippen molar-refractivity contribution in [3.63, 3.8) is 0 Å². The summed E-state index contributed by atoms with van der Waals surface area (Å²) in [6.07, 6.45) is 7.29. The number of aromatic nitrogens is 3. The molecule has 0 N–H and O–H groups in total. The van der Waals surface area contributed by atoms with Gasteiger partial charge in [0, 0.05) is 55.5 Å². The summed E-state index contributed by atoms with van der Waals surface area (Å²) >= 11 is 0. The van der Waals surface area contributed by atoms with Gasteiger partial charge in [0.1, 0.15) is 0 Å². The number of piperidine rings is 1. The van der Waals surface area contributed by atoms with Crippen molar-refractivity contribution >= 4 is 17.5 Å². The van der Waals surface area contributed by atoms with Crippen molar-refractivity contribution in [2.45, 2.75) is 25.9 Å². The minimum absolute atomic E-state index is 0.0366. The van der Waals surface area contributed by atoms with Crippen LogP contribution in [0, 0.1) is 5.92 Å². The van der Waals surface area contributed by atoms with Gasteiger partial charge in [-0.05, 0) is 42.7 Å². The van der Waals surface area contributed by atoms with Crippen molar-refractivity contribution in [2.75, 3.05) is 22.9 Å². The Labute approximate surface area is 164 Å². The van der Waals surface area contributed by atoms with Crippen LogP contribution in [-0.2, 0) is 17.9 Å². The van der Waals surface area contributed by atoms with Gasteiger partial charge in [-0.25, -0.2) is 9.97 Å². The number of amides is 1. The van der Waals surface area contributed by atoms with E-state index in [4.69, 9.17) is 0 Å². The number of hydrogen-bond acceptors (Lipinski definition) is 4. The molecule has 2 aliphatic rings. The van der Waals surface area contributed by atoms with Gasteiger partial charge in [0.2, 0.25) is 11.9 Å². The van der Waals surface area contributed by atoms with Crippen molar-refractivity contribution in [1.29, 1.82) is 0 Å². The highest BCUT2D eigenvalue weighted by Crippen LogP contribution is 2.31. The van der Waals surface area contributed by atoms with Crippen LogP contribution in [-0.4, -0.2) is 33.5 Å². The number of hydrogen-bond donors (Lipinski definition) is 0. The quantitative estimate of drug-likeness (QED) is 0.693. The summed E-state index contributed by atoms with van der Waals surface area (Å²) in [6.45, 7) is 3.06. The third-order valence-electron chi connectivity index (χ3n) is 5.81. The zero-order valence-corrected chi connectivity index (χ0v) is 15.7. The Morgan fingerprint density at radius 3 is 2.54 bits per heavy atom. The van der Waals surface area contributed by atoms with Gasteiger partial charge in [-0.15, -0.1) is 0 Å². The molecular formula is C22H23N5O. The standard InChI is InChI=1S/C22H23N5O/c28-21(17-8-13-25(14-9-17)22-23-10-4-11-24-22)27-16-19-6-3-12-26(19)15-18-5-1-2-7-20(18)27/h1-7,10-12,17H,8-9,13-16H2. The van der Waals surface area contributed by atoms with E-state index in [0.29, 0.717) is 6.54 Å². The van der Waals surface area contributed by atoms with Crippen LogP contribution in [0.1, 0.15) is 24.1 Å². The maximum absolute atomic E-state index is 13.5. The van der Waals surface area contributed by atoms with Crippen LogP contribution in [0.2, 0.25) is 0 Å². The van der Waals surface area contributed by atoms with Crippen molar-refractivity contribution in [2.24, 2.45) is 5.92 Å². The number of anilines is 2. The van der Waals surface area contributed by atoms with Crippen molar-refractivity contribution in [3.8, 4) is 0 Å². The zero-order chi connectivity index (χ0) is 18.9. The lowest BCUT2D eigenvalue weighted by molar-refractivity contribution is -0.123. The molecule has 6 nitrogen and oxygen atoms in total. The molecule has 5 rings (SSSR count). The summed E-state index contributed by atoms with van der Waals surface area (Å²) in [5.74, 6) is 1.02. The lowest BCUT2D eigenvalue weighted by atomic mass is 9.94. The SMILES string of the molecule is O=C(C1CCN(c2ncccn2)CC1)N1Cc2cccn2Cc2ccccc21. The summed E-state index contributed by atoms with van der Waals surface area (Å²) in [5, 5.41) is 0. The smallest absolute Gasteiger partial charge is 0.230 e. The van der Waals surface area contributed by atoms with E-state index in [0.717, 1.165) is 44.1 Å². The maximum atomic E-state index is 13.5. The molecule has 0 radical (unpaired) electrons. The van der Waals surface area contributed by atoms with Gasteiger partial charge < -0.3 is 14.4 Å². The van der Waals surface area contributed by atoms with Gasteiger partial charge in [0.05, 0.1) is 6.54 Å². The van der Waals surface area contributed by atoms with E-state index in [-0.39, 0.29) is 11.8 Å². The van der Waals surface area contributed by atoms with Gasteiger partial charge in [-0.2, -0.15) is 0 Å². The van der Waals surface area contributed by atoms with Gasteiger partial charge in [-0.1, -0.05) is 18.2 Å². The Bertz CT molecular complexity index is 975. The number of rotatable bonds is 2. The Balaban J connectivity index is 1.37. The van der Waals surface area contributed by atoms with Gasteiger partial charge in [-0.3, -0.25) is 4.79 Å². The Morgan fingerprint density at radius 1 is 0.929 bits per heavy atom. The molecule has 2 aliphatic heterocycles. The van der Waals surface area contributed by atoms with E-state index in [9.17, 15) is 4.79 Å². The number of nitrogens with zero attached hydrogens (tertiary/aromatic N) is 5. The summed E-state index contributed by atoms with van der Waals surface area (Å²) in [4.78, 5) is 26.4. The predicted octanol–water partition coefficient (Wildman–Crippen LogP) is 3.09. The third kappa shape index (κ3) is 3.05. The number of para-hydroxylation sites is 1. The van der Waals surface area contributed by atoms with Crippen LogP contribution in [0.5, 0.6) is 0 Å². The first kappa shape index (κ1) is 17.0. The highest BCUT2D eigenvalue weighted by atomic mass is 16.2. The van der Waals surface area contributed by atoms with Gasteiger partial charge >= 0.3 is 0 Å². The molecule has 0 saturated carbocycles. The summed E-state index contributed by atoms with van der Waals surface area (Å²) in [5.41, 5.74) is 3.42. The minimum Gasteiger partial charge on any atom is -0.345 e. The van der Waals surface area contributed by atoms with Crippen molar-refractivity contribution < 1.29 is 4.79 Å². The fourth-order valence-electron chi connectivity index (χ4n) is 4.28. The largest absolute Gasteiger partial charge is 0.345 e. The van der Waals surface area contributed by atoms with Crippen molar-refractivity contribution in [1.82, 2.24) is 14.5 Å². The van der Waals surface area contributed by atoms with E-state index >= 15 is 0 Å².